The zero-order valence-corrected chi connectivity index (χ0v) is 16.1. The lowest BCUT2D eigenvalue weighted by Crippen LogP contribution is -2.48. The van der Waals surface area contributed by atoms with Crippen molar-refractivity contribution in [1.82, 2.24) is 14.9 Å². The number of hydrogen-bond acceptors (Lipinski definition) is 6. The number of thiazole rings is 1. The number of carbonyl (C=O) groups is 1. The molecule has 1 aliphatic heterocycles. The summed E-state index contributed by atoms with van der Waals surface area (Å²) in [6, 6.07) is 3.93. The number of aliphatic hydroxyl groups excluding tert-OH is 2. The lowest BCUT2D eigenvalue weighted by molar-refractivity contribution is -0.139. The fraction of sp³-hybridized carbons (Fsp3) is 0.550. The van der Waals surface area contributed by atoms with Gasteiger partial charge in [0.2, 0.25) is 5.91 Å². The molecule has 1 fully saturated rings. The van der Waals surface area contributed by atoms with Gasteiger partial charge in [-0.2, -0.15) is 0 Å². The zero-order chi connectivity index (χ0) is 18.8. The molecule has 3 atom stereocenters. The molecular formula is C20H25N3O3S. The Bertz CT molecular complexity index is 783. The summed E-state index contributed by atoms with van der Waals surface area (Å²) in [5, 5.41) is 20.0. The molecule has 3 heterocycles. The van der Waals surface area contributed by atoms with Crippen LogP contribution in [-0.2, 0) is 17.6 Å². The van der Waals surface area contributed by atoms with Crippen molar-refractivity contribution < 1.29 is 15.0 Å². The van der Waals surface area contributed by atoms with Crippen LogP contribution in [0.15, 0.2) is 24.5 Å². The summed E-state index contributed by atoms with van der Waals surface area (Å²) in [5.41, 5.74) is 2.12. The highest BCUT2D eigenvalue weighted by Crippen LogP contribution is 2.35. The van der Waals surface area contributed by atoms with Gasteiger partial charge in [-0.3, -0.25) is 9.78 Å². The van der Waals surface area contributed by atoms with Gasteiger partial charge in [0, 0.05) is 73.3 Å². The molecule has 7 heteroatoms. The molecule has 2 aromatic rings. The van der Waals surface area contributed by atoms with E-state index in [2.05, 4.69) is 4.98 Å². The number of piperidine rings is 1. The first-order valence-electron chi connectivity index (χ1n) is 9.57. The molecule has 1 amide bonds. The number of aliphatic hydroxyl groups is 2. The zero-order valence-electron chi connectivity index (χ0n) is 15.3. The van der Waals surface area contributed by atoms with Crippen LogP contribution in [-0.4, -0.2) is 57.3 Å². The topological polar surface area (TPSA) is 86.6 Å². The minimum Gasteiger partial charge on any atom is -0.396 e. The quantitative estimate of drug-likeness (QED) is 0.835. The minimum atomic E-state index is -0.0540. The maximum absolute atomic E-state index is 13.1. The summed E-state index contributed by atoms with van der Waals surface area (Å²) >= 11 is 1.72. The molecule has 2 aliphatic rings. The van der Waals surface area contributed by atoms with Crippen molar-refractivity contribution >= 4 is 17.2 Å². The first-order valence-corrected chi connectivity index (χ1v) is 10.4. The van der Waals surface area contributed by atoms with Crippen LogP contribution in [0.1, 0.15) is 23.4 Å². The molecule has 0 radical (unpaired) electrons. The number of carbonyl (C=O) groups excluding carboxylic acids is 1. The van der Waals surface area contributed by atoms with Crippen molar-refractivity contribution in [2.24, 2.45) is 17.8 Å². The molecule has 1 unspecified atom stereocenters. The number of pyridine rings is 1. The van der Waals surface area contributed by atoms with E-state index in [9.17, 15) is 15.0 Å². The molecule has 1 aliphatic carbocycles. The van der Waals surface area contributed by atoms with E-state index in [0.717, 1.165) is 35.5 Å². The number of nitrogens with zero attached hydrogens (tertiary/aromatic N) is 3. The molecule has 1 saturated heterocycles. The van der Waals surface area contributed by atoms with Crippen LogP contribution in [0.2, 0.25) is 0 Å². The fourth-order valence-corrected chi connectivity index (χ4v) is 5.34. The number of likely N-dealkylation sites (tertiary alicyclic amines) is 1. The van der Waals surface area contributed by atoms with E-state index in [-0.39, 0.29) is 36.9 Å². The van der Waals surface area contributed by atoms with Gasteiger partial charge in [0.15, 0.2) is 0 Å². The summed E-state index contributed by atoms with van der Waals surface area (Å²) in [6.45, 7) is 1.32. The Hall–Kier alpha value is -1.83. The molecule has 0 saturated carbocycles. The Labute approximate surface area is 162 Å². The van der Waals surface area contributed by atoms with E-state index in [0.29, 0.717) is 19.5 Å². The van der Waals surface area contributed by atoms with Crippen molar-refractivity contribution in [2.75, 3.05) is 26.3 Å². The molecule has 4 rings (SSSR count). The molecule has 27 heavy (non-hydrogen) atoms. The Morgan fingerprint density at radius 2 is 1.89 bits per heavy atom. The van der Waals surface area contributed by atoms with Crippen molar-refractivity contribution in [1.29, 1.82) is 0 Å². The van der Waals surface area contributed by atoms with Crippen LogP contribution in [0.5, 0.6) is 0 Å². The highest BCUT2D eigenvalue weighted by Gasteiger charge is 2.35. The van der Waals surface area contributed by atoms with Gasteiger partial charge in [0.25, 0.3) is 0 Å². The third-order valence-corrected chi connectivity index (χ3v) is 6.87. The Kier molecular flexibility index (Phi) is 5.52. The van der Waals surface area contributed by atoms with E-state index in [1.807, 2.05) is 17.0 Å². The van der Waals surface area contributed by atoms with E-state index in [1.165, 1.54) is 4.88 Å². The fourth-order valence-electron chi connectivity index (χ4n) is 4.23. The maximum Gasteiger partial charge on any atom is 0.226 e. The Morgan fingerprint density at radius 1 is 1.19 bits per heavy atom. The van der Waals surface area contributed by atoms with Crippen LogP contribution in [0.4, 0.5) is 0 Å². The predicted molar refractivity (Wildman–Crippen MR) is 103 cm³/mol. The lowest BCUT2D eigenvalue weighted by Gasteiger charge is -2.38. The SMILES string of the molecule is O=C(C1CCc2sc(-c3ccncc3)nc2C1)N1C[C@H](CO)C[C@H](CO)C1. The van der Waals surface area contributed by atoms with Gasteiger partial charge in [0.1, 0.15) is 5.01 Å². The molecule has 0 bridgehead atoms. The average Bonchev–Trinajstić information content (AvgIpc) is 3.16. The summed E-state index contributed by atoms with van der Waals surface area (Å²) in [4.78, 5) is 25.1. The summed E-state index contributed by atoms with van der Waals surface area (Å²) in [7, 11) is 0. The minimum absolute atomic E-state index is 0.0540. The molecule has 144 valence electrons. The number of aryl methyl sites for hydroxylation is 1. The summed E-state index contributed by atoms with van der Waals surface area (Å²) in [5.74, 6) is 0.227. The van der Waals surface area contributed by atoms with Gasteiger partial charge in [-0.1, -0.05) is 0 Å². The van der Waals surface area contributed by atoms with Crippen LogP contribution >= 0.6 is 11.3 Å². The van der Waals surface area contributed by atoms with Crippen molar-refractivity contribution in [3.63, 3.8) is 0 Å². The molecule has 6 nitrogen and oxygen atoms in total. The molecule has 0 spiro atoms. The standard InChI is InChI=1S/C20H25N3O3S/c24-11-13-7-14(12-25)10-23(9-13)20(26)16-1-2-18-17(8-16)22-19(27-18)15-3-5-21-6-4-15/h3-6,13-14,16,24-25H,1-2,7-12H2/t13-,14+,16?. The number of fused-ring (bicyclic) bond motifs is 1. The van der Waals surface area contributed by atoms with E-state index in [1.54, 1.807) is 23.7 Å². The van der Waals surface area contributed by atoms with Gasteiger partial charge in [-0.15, -0.1) is 11.3 Å². The third-order valence-electron chi connectivity index (χ3n) is 5.67. The largest absolute Gasteiger partial charge is 0.396 e. The second-order valence-electron chi connectivity index (χ2n) is 7.64. The molecule has 2 aromatic heterocycles. The van der Waals surface area contributed by atoms with Crippen molar-refractivity contribution in [3.8, 4) is 10.6 Å². The van der Waals surface area contributed by atoms with Crippen LogP contribution in [0.25, 0.3) is 10.6 Å². The van der Waals surface area contributed by atoms with Crippen molar-refractivity contribution in [3.05, 3.63) is 35.1 Å². The monoisotopic (exact) mass is 387 g/mol. The second kappa shape index (κ2) is 8.04. The molecular weight excluding hydrogens is 362 g/mol. The van der Waals surface area contributed by atoms with E-state index >= 15 is 0 Å². The lowest BCUT2D eigenvalue weighted by atomic mass is 9.86. The van der Waals surface area contributed by atoms with Crippen LogP contribution in [0.3, 0.4) is 0 Å². The highest BCUT2D eigenvalue weighted by atomic mass is 32.1. The first-order chi connectivity index (χ1) is 13.2. The van der Waals surface area contributed by atoms with Gasteiger partial charge < -0.3 is 15.1 Å². The Morgan fingerprint density at radius 3 is 2.56 bits per heavy atom. The normalized spacial score (nSPS) is 25.3. The van der Waals surface area contributed by atoms with Gasteiger partial charge >= 0.3 is 0 Å². The second-order valence-corrected chi connectivity index (χ2v) is 8.72. The van der Waals surface area contributed by atoms with Gasteiger partial charge in [-0.25, -0.2) is 4.98 Å². The number of amides is 1. The van der Waals surface area contributed by atoms with Crippen LogP contribution in [0, 0.1) is 17.8 Å². The predicted octanol–water partition coefficient (Wildman–Crippen LogP) is 1.76. The number of rotatable bonds is 4. The van der Waals surface area contributed by atoms with Crippen LogP contribution < -0.4 is 0 Å². The number of hydrogen-bond donors (Lipinski definition) is 2. The molecule has 0 aromatic carbocycles. The summed E-state index contributed by atoms with van der Waals surface area (Å²) < 4.78 is 0. The smallest absolute Gasteiger partial charge is 0.226 e. The maximum atomic E-state index is 13.1. The highest BCUT2D eigenvalue weighted by molar-refractivity contribution is 7.15. The van der Waals surface area contributed by atoms with Gasteiger partial charge in [0.05, 0.1) is 5.69 Å². The first kappa shape index (κ1) is 18.5. The third kappa shape index (κ3) is 3.90. The van der Waals surface area contributed by atoms with E-state index in [4.69, 9.17) is 4.98 Å². The van der Waals surface area contributed by atoms with Gasteiger partial charge in [-0.05, 0) is 31.4 Å². The molecule has 2 N–H and O–H groups in total. The summed E-state index contributed by atoms with van der Waals surface area (Å²) in [6.07, 6.45) is 6.73. The Balaban J connectivity index is 1.47. The van der Waals surface area contributed by atoms with Crippen molar-refractivity contribution in [2.45, 2.75) is 25.7 Å². The van der Waals surface area contributed by atoms with E-state index < -0.39 is 0 Å². The average molecular weight is 388 g/mol. The number of aromatic nitrogens is 2.